The molecule has 5 nitrogen and oxygen atoms in total. The maximum atomic E-state index is 5.84. The second kappa shape index (κ2) is 5.18. The summed E-state index contributed by atoms with van der Waals surface area (Å²) in [5.74, 6) is 1.15. The normalized spacial score (nSPS) is 23.1. The predicted octanol–water partition coefficient (Wildman–Crippen LogP) is 2.82. The van der Waals surface area contributed by atoms with E-state index in [-0.39, 0.29) is 5.54 Å². The van der Waals surface area contributed by atoms with Gasteiger partial charge in [-0.15, -0.1) is 11.3 Å². The van der Waals surface area contributed by atoms with Gasteiger partial charge in [0.25, 0.3) is 0 Å². The van der Waals surface area contributed by atoms with Gasteiger partial charge in [-0.25, -0.2) is 4.98 Å². The third-order valence-electron chi connectivity index (χ3n) is 3.67. The van der Waals surface area contributed by atoms with Crippen LogP contribution in [0.4, 0.5) is 11.8 Å². The van der Waals surface area contributed by atoms with Crippen LogP contribution in [-0.4, -0.2) is 28.7 Å². The van der Waals surface area contributed by atoms with Crippen molar-refractivity contribution in [1.82, 2.24) is 9.97 Å². The summed E-state index contributed by atoms with van der Waals surface area (Å²) in [6, 6.07) is 2.16. The Morgan fingerprint density at radius 3 is 3.05 bits per heavy atom. The minimum Gasteiger partial charge on any atom is -0.379 e. The lowest BCUT2D eigenvalue weighted by Gasteiger charge is -2.34. The minimum atomic E-state index is -0.0830. The molecule has 3 N–H and O–H groups in total. The zero-order valence-corrected chi connectivity index (χ0v) is 12.7. The number of nitrogen functional groups attached to an aromatic ring is 1. The summed E-state index contributed by atoms with van der Waals surface area (Å²) in [6.45, 7) is 5.86. The van der Waals surface area contributed by atoms with Gasteiger partial charge in [0.05, 0.1) is 17.5 Å². The Bertz CT molecular complexity index is 619. The lowest BCUT2D eigenvalue weighted by molar-refractivity contribution is 0.0539. The van der Waals surface area contributed by atoms with E-state index in [4.69, 9.17) is 10.5 Å². The molecule has 1 atom stereocenters. The van der Waals surface area contributed by atoms with Crippen molar-refractivity contribution in [3.8, 4) is 0 Å². The first kappa shape index (κ1) is 13.6. The van der Waals surface area contributed by atoms with Crippen molar-refractivity contribution in [2.75, 3.05) is 24.3 Å². The van der Waals surface area contributed by atoms with E-state index in [2.05, 4.69) is 35.2 Å². The molecule has 6 heteroatoms. The average Bonchev–Trinajstić information content (AvgIpc) is 2.82. The number of nitrogens with zero attached hydrogens (tertiary/aromatic N) is 2. The first-order valence-electron chi connectivity index (χ1n) is 7.01. The number of ether oxygens (including phenoxy) is 1. The van der Waals surface area contributed by atoms with E-state index >= 15 is 0 Å². The second-order valence-corrected chi connectivity index (χ2v) is 6.67. The van der Waals surface area contributed by atoms with Gasteiger partial charge in [0.2, 0.25) is 5.95 Å². The van der Waals surface area contributed by atoms with Crippen LogP contribution in [0, 0.1) is 0 Å². The first-order chi connectivity index (χ1) is 9.59. The Labute approximate surface area is 122 Å². The second-order valence-electron chi connectivity index (χ2n) is 5.56. The van der Waals surface area contributed by atoms with E-state index in [0.717, 1.165) is 41.9 Å². The van der Waals surface area contributed by atoms with Gasteiger partial charge in [-0.05, 0) is 32.3 Å². The molecule has 1 fully saturated rings. The fourth-order valence-electron chi connectivity index (χ4n) is 2.58. The summed E-state index contributed by atoms with van der Waals surface area (Å²) < 4.78 is 5.59. The van der Waals surface area contributed by atoms with Gasteiger partial charge in [-0.3, -0.25) is 0 Å². The van der Waals surface area contributed by atoms with Gasteiger partial charge in [0.15, 0.2) is 0 Å². The number of fused-ring (bicyclic) bond motifs is 1. The van der Waals surface area contributed by atoms with E-state index in [1.807, 2.05) is 0 Å². The quantitative estimate of drug-likeness (QED) is 0.910. The highest BCUT2D eigenvalue weighted by atomic mass is 32.1. The lowest BCUT2D eigenvalue weighted by atomic mass is 9.95. The van der Waals surface area contributed by atoms with Gasteiger partial charge in [0.1, 0.15) is 10.6 Å². The van der Waals surface area contributed by atoms with Crippen molar-refractivity contribution in [2.24, 2.45) is 0 Å². The molecule has 0 radical (unpaired) electrons. The third-order valence-corrected chi connectivity index (χ3v) is 4.84. The fourth-order valence-corrected chi connectivity index (χ4v) is 3.55. The average molecular weight is 292 g/mol. The maximum absolute atomic E-state index is 5.84. The number of aryl methyl sites for hydroxylation is 1. The molecule has 2 aromatic heterocycles. The Morgan fingerprint density at radius 1 is 1.50 bits per heavy atom. The topological polar surface area (TPSA) is 73.1 Å². The zero-order chi connectivity index (χ0) is 14.2. The Kier molecular flexibility index (Phi) is 3.52. The lowest BCUT2D eigenvalue weighted by Crippen LogP contribution is -2.43. The van der Waals surface area contributed by atoms with E-state index in [1.165, 1.54) is 4.88 Å². The van der Waals surface area contributed by atoms with Gasteiger partial charge >= 0.3 is 0 Å². The number of anilines is 2. The Morgan fingerprint density at radius 2 is 2.35 bits per heavy atom. The molecule has 0 saturated carbocycles. The Balaban J connectivity index is 1.99. The summed E-state index contributed by atoms with van der Waals surface area (Å²) in [5, 5.41) is 4.59. The van der Waals surface area contributed by atoms with Crippen LogP contribution < -0.4 is 11.1 Å². The first-order valence-corrected chi connectivity index (χ1v) is 7.83. The van der Waals surface area contributed by atoms with Crippen LogP contribution in [0.1, 0.15) is 31.6 Å². The highest BCUT2D eigenvalue weighted by molar-refractivity contribution is 7.18. The van der Waals surface area contributed by atoms with Gasteiger partial charge < -0.3 is 15.8 Å². The standard InChI is InChI=1S/C14H20N4OS/c1-3-9-7-10-11(16-13(15)17-12(10)20-9)18-14(2)5-4-6-19-8-14/h7H,3-6,8H2,1-2H3,(H3,15,16,17,18). The number of thiophene rings is 1. The molecule has 1 aliphatic rings. The maximum Gasteiger partial charge on any atom is 0.223 e. The van der Waals surface area contributed by atoms with Crippen molar-refractivity contribution < 1.29 is 4.74 Å². The molecular formula is C14H20N4OS. The van der Waals surface area contributed by atoms with Crippen LogP contribution in [0.25, 0.3) is 10.2 Å². The van der Waals surface area contributed by atoms with Crippen LogP contribution in [0.2, 0.25) is 0 Å². The van der Waals surface area contributed by atoms with E-state index in [0.29, 0.717) is 12.6 Å². The molecule has 0 bridgehead atoms. The van der Waals surface area contributed by atoms with Crippen LogP contribution in [0.5, 0.6) is 0 Å². The van der Waals surface area contributed by atoms with Gasteiger partial charge in [-0.2, -0.15) is 4.98 Å². The van der Waals surface area contributed by atoms with Crippen molar-refractivity contribution in [3.63, 3.8) is 0 Å². The smallest absolute Gasteiger partial charge is 0.223 e. The van der Waals surface area contributed by atoms with Crippen LogP contribution in [0.15, 0.2) is 6.07 Å². The SMILES string of the molecule is CCc1cc2c(NC3(C)CCCOC3)nc(N)nc2s1. The number of aromatic nitrogens is 2. The molecule has 0 amide bonds. The molecule has 20 heavy (non-hydrogen) atoms. The molecule has 0 aromatic carbocycles. The van der Waals surface area contributed by atoms with Gasteiger partial charge in [-0.1, -0.05) is 6.92 Å². The van der Waals surface area contributed by atoms with Crippen LogP contribution >= 0.6 is 11.3 Å². The third kappa shape index (κ3) is 2.58. The summed E-state index contributed by atoms with van der Waals surface area (Å²) in [7, 11) is 0. The largest absolute Gasteiger partial charge is 0.379 e. The molecule has 1 saturated heterocycles. The highest BCUT2D eigenvalue weighted by Crippen LogP contribution is 2.32. The number of nitrogens with one attached hydrogen (secondary N) is 1. The van der Waals surface area contributed by atoms with Crippen molar-refractivity contribution in [3.05, 3.63) is 10.9 Å². The molecule has 0 spiro atoms. The molecule has 3 rings (SSSR count). The number of rotatable bonds is 3. The summed E-state index contributed by atoms with van der Waals surface area (Å²) in [5.41, 5.74) is 5.75. The van der Waals surface area contributed by atoms with Crippen molar-refractivity contribution in [1.29, 1.82) is 0 Å². The fraction of sp³-hybridized carbons (Fsp3) is 0.571. The summed E-state index contributed by atoms with van der Waals surface area (Å²) in [6.07, 6.45) is 3.14. The molecule has 108 valence electrons. The minimum absolute atomic E-state index is 0.0830. The van der Waals surface area contributed by atoms with Crippen molar-refractivity contribution >= 4 is 33.3 Å². The Hall–Kier alpha value is -1.40. The van der Waals surface area contributed by atoms with E-state index in [9.17, 15) is 0 Å². The molecular weight excluding hydrogens is 272 g/mol. The molecule has 2 aromatic rings. The molecule has 0 aliphatic carbocycles. The summed E-state index contributed by atoms with van der Waals surface area (Å²) in [4.78, 5) is 11.0. The molecule has 3 heterocycles. The zero-order valence-electron chi connectivity index (χ0n) is 11.9. The van der Waals surface area contributed by atoms with E-state index < -0.39 is 0 Å². The van der Waals surface area contributed by atoms with Crippen LogP contribution in [0.3, 0.4) is 0 Å². The monoisotopic (exact) mass is 292 g/mol. The van der Waals surface area contributed by atoms with Gasteiger partial charge in [0, 0.05) is 11.5 Å². The molecule has 1 unspecified atom stereocenters. The highest BCUT2D eigenvalue weighted by Gasteiger charge is 2.28. The number of nitrogens with two attached hydrogens (primary N) is 1. The number of hydrogen-bond acceptors (Lipinski definition) is 6. The van der Waals surface area contributed by atoms with Crippen molar-refractivity contribution in [2.45, 2.75) is 38.6 Å². The predicted molar refractivity (Wildman–Crippen MR) is 83.3 cm³/mol. The van der Waals surface area contributed by atoms with E-state index in [1.54, 1.807) is 11.3 Å². The molecule has 1 aliphatic heterocycles. The number of hydrogen-bond donors (Lipinski definition) is 2. The van der Waals surface area contributed by atoms with Crippen LogP contribution in [-0.2, 0) is 11.2 Å². The summed E-state index contributed by atoms with van der Waals surface area (Å²) >= 11 is 1.68.